The number of furan rings is 1. The van der Waals surface area contributed by atoms with Crippen LogP contribution in [0.5, 0.6) is 0 Å². The van der Waals surface area contributed by atoms with Crippen molar-refractivity contribution >= 4 is 50.8 Å². The van der Waals surface area contributed by atoms with Crippen LogP contribution in [0.4, 0.5) is 17.1 Å². The number of rotatable bonds is 3. The molecule has 0 amide bonds. The molecule has 5 aliphatic carbocycles. The summed E-state index contributed by atoms with van der Waals surface area (Å²) in [7, 11) is 0. The van der Waals surface area contributed by atoms with E-state index < -0.39 is 0 Å². The molecule has 6 aromatic rings. The van der Waals surface area contributed by atoms with Gasteiger partial charge in [-0.15, -0.1) is 0 Å². The van der Waals surface area contributed by atoms with Crippen molar-refractivity contribution in [1.82, 2.24) is 0 Å². The van der Waals surface area contributed by atoms with Crippen LogP contribution in [0.25, 0.3) is 21.9 Å². The van der Waals surface area contributed by atoms with Crippen LogP contribution < -0.4 is 4.90 Å². The highest BCUT2D eigenvalue weighted by atomic mass is 32.2. The summed E-state index contributed by atoms with van der Waals surface area (Å²) in [5, 5.41) is 2.36. The van der Waals surface area contributed by atoms with Gasteiger partial charge in [-0.1, -0.05) is 88.0 Å². The fourth-order valence-electron chi connectivity index (χ4n) is 12.1. The highest BCUT2D eigenvalue weighted by molar-refractivity contribution is 7.99. The van der Waals surface area contributed by atoms with Gasteiger partial charge in [-0.3, -0.25) is 0 Å². The smallest absolute Gasteiger partial charge is 0.137 e. The Morgan fingerprint density at radius 3 is 1.98 bits per heavy atom. The van der Waals surface area contributed by atoms with Crippen molar-refractivity contribution in [2.24, 2.45) is 23.7 Å². The van der Waals surface area contributed by atoms with Crippen LogP contribution in [0.2, 0.25) is 0 Å². The van der Waals surface area contributed by atoms with Gasteiger partial charge in [-0.25, -0.2) is 0 Å². The van der Waals surface area contributed by atoms with Gasteiger partial charge in [0.25, 0.3) is 0 Å². The second kappa shape index (κ2) is 10.6. The van der Waals surface area contributed by atoms with Gasteiger partial charge < -0.3 is 9.32 Å². The number of benzene rings is 5. The fraction of sp³-hybridized carbons (Fsp3) is 0.375. The summed E-state index contributed by atoms with van der Waals surface area (Å²) >= 11 is 2.00. The lowest BCUT2D eigenvalue weighted by Crippen LogP contribution is -2.57. The van der Waals surface area contributed by atoms with Crippen LogP contribution in [-0.4, -0.2) is 0 Å². The first-order valence-electron chi connectivity index (χ1n) is 19.5. The molecule has 5 aromatic carbocycles. The first-order chi connectivity index (χ1) is 24.7. The molecule has 0 saturated heterocycles. The first kappa shape index (κ1) is 30.7. The minimum Gasteiger partial charge on any atom is -0.456 e. The average Bonchev–Trinajstić information content (AvgIpc) is 3.51. The molecule has 0 unspecified atom stereocenters. The third-order valence-electron chi connectivity index (χ3n) is 14.4. The molecule has 1 aliphatic heterocycles. The van der Waals surface area contributed by atoms with E-state index in [1.807, 2.05) is 11.8 Å². The van der Waals surface area contributed by atoms with E-state index in [4.69, 9.17) is 4.42 Å². The normalized spacial score (nSPS) is 27.8. The van der Waals surface area contributed by atoms with Gasteiger partial charge in [-0.05, 0) is 156 Å². The molecule has 51 heavy (non-hydrogen) atoms. The van der Waals surface area contributed by atoms with Crippen LogP contribution in [-0.2, 0) is 16.2 Å². The Labute approximate surface area is 306 Å². The molecule has 0 radical (unpaired) electrons. The zero-order valence-electron chi connectivity index (χ0n) is 30.3. The summed E-state index contributed by atoms with van der Waals surface area (Å²) in [6, 6.07) is 39.6. The summed E-state index contributed by atoms with van der Waals surface area (Å²) in [6.45, 7) is 9.76. The highest BCUT2D eigenvalue weighted by Gasteiger charge is 2.60. The molecule has 4 fully saturated rings. The third kappa shape index (κ3) is 4.25. The number of fused-ring (bicyclic) bond motifs is 6. The Morgan fingerprint density at radius 1 is 0.569 bits per heavy atom. The van der Waals surface area contributed by atoms with Crippen molar-refractivity contribution < 1.29 is 4.42 Å². The maximum Gasteiger partial charge on any atom is 0.137 e. The van der Waals surface area contributed by atoms with Crippen LogP contribution in [0, 0.1) is 23.7 Å². The van der Waals surface area contributed by atoms with Gasteiger partial charge in [0.2, 0.25) is 0 Å². The zero-order valence-corrected chi connectivity index (χ0v) is 31.2. The van der Waals surface area contributed by atoms with Crippen molar-refractivity contribution in [1.29, 1.82) is 0 Å². The maximum atomic E-state index is 6.52. The van der Waals surface area contributed by atoms with Gasteiger partial charge in [0.1, 0.15) is 11.2 Å². The molecule has 1 aromatic heterocycles. The minimum absolute atomic E-state index is 0.0858. The molecular formula is C48H47NOS. The van der Waals surface area contributed by atoms with E-state index in [9.17, 15) is 0 Å². The van der Waals surface area contributed by atoms with E-state index in [0.717, 1.165) is 23.0 Å². The predicted octanol–water partition coefficient (Wildman–Crippen LogP) is 13.6. The van der Waals surface area contributed by atoms with E-state index in [-0.39, 0.29) is 16.2 Å². The van der Waals surface area contributed by atoms with Gasteiger partial charge >= 0.3 is 0 Å². The van der Waals surface area contributed by atoms with Gasteiger partial charge in [-0.2, -0.15) is 0 Å². The van der Waals surface area contributed by atoms with E-state index in [2.05, 4.69) is 136 Å². The van der Waals surface area contributed by atoms with Crippen LogP contribution in [0.1, 0.15) is 94.9 Å². The molecule has 0 atom stereocenters. The lowest BCUT2D eigenvalue weighted by molar-refractivity contribution is -0.0443. The second-order valence-corrected chi connectivity index (χ2v) is 19.1. The largest absolute Gasteiger partial charge is 0.456 e. The van der Waals surface area contributed by atoms with E-state index >= 15 is 0 Å². The minimum atomic E-state index is 0.0858. The Kier molecular flexibility index (Phi) is 6.35. The first-order valence-corrected chi connectivity index (χ1v) is 20.3. The molecular weight excluding hydrogens is 639 g/mol. The van der Waals surface area contributed by atoms with Crippen molar-refractivity contribution in [3.05, 3.63) is 125 Å². The molecule has 2 nitrogen and oxygen atoms in total. The molecule has 4 saturated carbocycles. The molecule has 3 heteroatoms. The summed E-state index contributed by atoms with van der Waals surface area (Å²) in [5.41, 5.74) is 12.1. The molecule has 0 N–H and O–H groups in total. The third-order valence-corrected chi connectivity index (χ3v) is 15.5. The molecule has 2 heterocycles. The van der Waals surface area contributed by atoms with Crippen LogP contribution in [0.15, 0.2) is 117 Å². The Balaban J connectivity index is 1.18. The summed E-state index contributed by atoms with van der Waals surface area (Å²) in [5.74, 6) is 3.26. The maximum absolute atomic E-state index is 6.52. The fourth-order valence-corrected chi connectivity index (χ4v) is 13.3. The topological polar surface area (TPSA) is 16.4 Å². The van der Waals surface area contributed by atoms with Gasteiger partial charge in [0.05, 0.1) is 11.1 Å². The summed E-state index contributed by atoms with van der Waals surface area (Å²) in [4.78, 5) is 5.53. The van der Waals surface area contributed by atoms with E-state index in [1.165, 1.54) is 93.7 Å². The van der Waals surface area contributed by atoms with Crippen molar-refractivity contribution in [2.75, 3.05) is 4.90 Å². The standard InChI is InChI=1S/C48H47NOS/c1-46(2)20-21-47(3,4)38-27-33(16-18-36(38)46)49(40-12-9-14-42-45(40)35-10-5-7-13-41(35)50-42)34-17-19-44-39(28-34)48(37-11-6-8-15-43(37)51-44)31-23-29-22-30(25-31)26-32(48)24-29/h5-19,27-32H,20-26H2,1-4H3. The SMILES string of the molecule is CC1(C)CCC(C)(C)c2cc(N(c3ccc4c(c3)C3(c5ccccc5S4)C4CC5CC(C4)CC3C5)c3cccc4oc5ccccc5c34)ccc21. The zero-order chi connectivity index (χ0) is 34.3. The van der Waals surface area contributed by atoms with Gasteiger partial charge in [0.15, 0.2) is 0 Å². The van der Waals surface area contributed by atoms with Crippen LogP contribution in [0.3, 0.4) is 0 Å². The summed E-state index contributed by atoms with van der Waals surface area (Å²) in [6.07, 6.45) is 9.41. The lowest BCUT2D eigenvalue weighted by Gasteiger charge is -2.63. The quantitative estimate of drug-likeness (QED) is 0.184. The molecule has 6 aliphatic rings. The molecule has 4 bridgehead atoms. The average molecular weight is 686 g/mol. The molecule has 1 spiro atoms. The Hall–Kier alpha value is -3.95. The molecule has 256 valence electrons. The number of hydrogen-bond donors (Lipinski definition) is 0. The van der Waals surface area contributed by atoms with Crippen molar-refractivity contribution in [3.63, 3.8) is 0 Å². The number of para-hydroxylation sites is 1. The highest BCUT2D eigenvalue weighted by Crippen LogP contribution is 2.69. The number of nitrogens with zero attached hydrogens (tertiary/aromatic N) is 1. The Morgan fingerprint density at radius 2 is 1.20 bits per heavy atom. The summed E-state index contributed by atoms with van der Waals surface area (Å²) < 4.78 is 6.52. The molecule has 12 rings (SSSR count). The predicted molar refractivity (Wildman–Crippen MR) is 212 cm³/mol. The van der Waals surface area contributed by atoms with Crippen molar-refractivity contribution in [3.8, 4) is 0 Å². The van der Waals surface area contributed by atoms with Gasteiger partial charge in [0, 0.05) is 32.0 Å². The van der Waals surface area contributed by atoms with Crippen LogP contribution >= 0.6 is 11.8 Å². The second-order valence-electron chi connectivity index (χ2n) is 18.0. The Bertz CT molecular complexity index is 2370. The number of hydrogen-bond acceptors (Lipinski definition) is 3. The van der Waals surface area contributed by atoms with Crippen molar-refractivity contribution in [2.45, 2.75) is 98.7 Å². The lowest BCUT2D eigenvalue weighted by atomic mass is 9.42. The van der Waals surface area contributed by atoms with E-state index in [0.29, 0.717) is 11.8 Å². The monoisotopic (exact) mass is 685 g/mol. The number of anilines is 3. The van der Waals surface area contributed by atoms with E-state index in [1.54, 1.807) is 11.1 Å².